The van der Waals surface area contributed by atoms with Crippen LogP contribution in [0.5, 0.6) is 0 Å². The molecule has 8 heteroatoms. The molecule has 31 heavy (non-hydrogen) atoms. The van der Waals surface area contributed by atoms with Crippen LogP contribution in [-0.2, 0) is 21.2 Å². The van der Waals surface area contributed by atoms with Gasteiger partial charge in [-0.1, -0.05) is 35.4 Å². The zero-order valence-corrected chi connectivity index (χ0v) is 19.3. The molecule has 2 aromatic carbocycles. The number of benzene rings is 2. The third-order valence-corrected chi connectivity index (χ3v) is 7.19. The third-order valence-electron chi connectivity index (χ3n) is 4.95. The molecule has 6 nitrogen and oxygen atoms in total. The molecule has 1 aromatic heterocycles. The topological polar surface area (TPSA) is 85.2 Å². The summed E-state index contributed by atoms with van der Waals surface area (Å²) in [5, 5.41) is 3.05. The second-order valence-electron chi connectivity index (χ2n) is 7.54. The maximum atomic E-state index is 13.2. The summed E-state index contributed by atoms with van der Waals surface area (Å²) in [6.45, 7) is 6.61. The first-order valence-corrected chi connectivity index (χ1v) is 11.5. The molecule has 0 bridgehead atoms. The number of aromatic nitrogens is 1. The van der Waals surface area contributed by atoms with Gasteiger partial charge in [-0.25, -0.2) is 8.42 Å². The third kappa shape index (κ3) is 4.73. The van der Waals surface area contributed by atoms with E-state index in [2.05, 4.69) is 5.32 Å². The Bertz CT molecular complexity index is 1330. The number of hydrogen-bond acceptors (Lipinski definition) is 4. The van der Waals surface area contributed by atoms with Crippen LogP contribution in [0.2, 0.25) is 5.02 Å². The van der Waals surface area contributed by atoms with Crippen LogP contribution < -0.4 is 10.9 Å². The predicted molar refractivity (Wildman–Crippen MR) is 122 cm³/mol. The van der Waals surface area contributed by atoms with Gasteiger partial charge in [0, 0.05) is 5.69 Å². The second kappa shape index (κ2) is 8.69. The lowest BCUT2D eigenvalue weighted by molar-refractivity contribution is -0.116. The number of aryl methyl sites for hydroxylation is 4. The molecule has 0 radical (unpaired) electrons. The average Bonchev–Trinajstić information content (AvgIpc) is 2.67. The Balaban J connectivity index is 2.00. The minimum atomic E-state index is -4.05. The van der Waals surface area contributed by atoms with Crippen molar-refractivity contribution in [3.8, 4) is 0 Å². The van der Waals surface area contributed by atoms with Gasteiger partial charge in [-0.2, -0.15) is 0 Å². The van der Waals surface area contributed by atoms with E-state index in [1.165, 1.54) is 12.1 Å². The maximum Gasteiger partial charge on any atom is 0.270 e. The fourth-order valence-electron chi connectivity index (χ4n) is 3.32. The van der Waals surface area contributed by atoms with Crippen molar-refractivity contribution < 1.29 is 13.2 Å². The molecule has 1 heterocycles. The van der Waals surface area contributed by atoms with Crippen molar-refractivity contribution in [2.75, 3.05) is 5.32 Å². The number of carbonyl (C=O) groups is 1. The SMILES string of the molecule is Cc1ccc(S(=O)(=O)c2c(C)cc(C)n(CC(=O)Nc3ccc(C)cc3Cl)c2=O)cc1. The summed E-state index contributed by atoms with van der Waals surface area (Å²) < 4.78 is 27.5. The number of rotatable bonds is 5. The smallest absolute Gasteiger partial charge is 0.270 e. The Morgan fingerprint density at radius 1 is 0.968 bits per heavy atom. The molecular weight excluding hydrogens is 436 g/mol. The van der Waals surface area contributed by atoms with Crippen LogP contribution in [0.15, 0.2) is 63.1 Å². The number of hydrogen-bond donors (Lipinski definition) is 1. The summed E-state index contributed by atoms with van der Waals surface area (Å²) in [6.07, 6.45) is 0. The predicted octanol–water partition coefficient (Wildman–Crippen LogP) is 4.21. The van der Waals surface area contributed by atoms with Gasteiger partial charge in [0.05, 0.1) is 15.6 Å². The Morgan fingerprint density at radius 2 is 1.58 bits per heavy atom. The van der Waals surface area contributed by atoms with Gasteiger partial charge in [0.1, 0.15) is 11.4 Å². The molecule has 0 aliphatic heterocycles. The largest absolute Gasteiger partial charge is 0.323 e. The Kier molecular flexibility index (Phi) is 6.38. The quantitative estimate of drug-likeness (QED) is 0.620. The van der Waals surface area contributed by atoms with Gasteiger partial charge in [-0.05, 0) is 69.2 Å². The molecule has 3 aromatic rings. The van der Waals surface area contributed by atoms with Crippen molar-refractivity contribution in [2.24, 2.45) is 0 Å². The normalized spacial score (nSPS) is 11.4. The lowest BCUT2D eigenvalue weighted by Crippen LogP contribution is -2.33. The fraction of sp³-hybridized carbons (Fsp3) is 0.217. The van der Waals surface area contributed by atoms with Crippen LogP contribution in [0.25, 0.3) is 0 Å². The molecule has 0 aliphatic rings. The number of carbonyl (C=O) groups excluding carboxylic acids is 1. The van der Waals surface area contributed by atoms with Crippen LogP contribution in [0, 0.1) is 27.7 Å². The minimum absolute atomic E-state index is 0.0320. The molecule has 0 fully saturated rings. The standard InChI is InChI=1S/C23H23ClN2O4S/c1-14-5-8-18(9-6-14)31(29,30)22-16(3)12-17(4)26(23(22)28)13-21(27)25-20-10-7-15(2)11-19(20)24/h5-12H,13H2,1-4H3,(H,25,27). The Morgan fingerprint density at radius 3 is 2.19 bits per heavy atom. The molecule has 3 rings (SSSR count). The van der Waals surface area contributed by atoms with Crippen LogP contribution in [0.3, 0.4) is 0 Å². The maximum absolute atomic E-state index is 13.2. The van der Waals surface area contributed by atoms with E-state index >= 15 is 0 Å². The minimum Gasteiger partial charge on any atom is -0.323 e. The van der Waals surface area contributed by atoms with Crippen molar-refractivity contribution in [1.82, 2.24) is 4.57 Å². The van der Waals surface area contributed by atoms with Crippen molar-refractivity contribution in [3.63, 3.8) is 0 Å². The summed E-state index contributed by atoms with van der Waals surface area (Å²) in [4.78, 5) is 25.5. The van der Waals surface area contributed by atoms with Crippen LogP contribution in [0.4, 0.5) is 5.69 Å². The highest BCUT2D eigenvalue weighted by molar-refractivity contribution is 7.91. The number of sulfone groups is 1. The summed E-state index contributed by atoms with van der Waals surface area (Å²) >= 11 is 6.16. The number of halogens is 1. The van der Waals surface area contributed by atoms with Crippen LogP contribution in [0.1, 0.15) is 22.4 Å². The Labute approximate surface area is 186 Å². The molecule has 162 valence electrons. The lowest BCUT2D eigenvalue weighted by Gasteiger charge is -2.15. The van der Waals surface area contributed by atoms with Gasteiger partial charge in [0.2, 0.25) is 15.7 Å². The van der Waals surface area contributed by atoms with E-state index in [4.69, 9.17) is 11.6 Å². The van der Waals surface area contributed by atoms with E-state index in [1.54, 1.807) is 50.2 Å². The molecule has 0 saturated heterocycles. The van der Waals surface area contributed by atoms with Crippen molar-refractivity contribution in [1.29, 1.82) is 0 Å². The summed E-state index contributed by atoms with van der Waals surface area (Å²) in [6, 6.07) is 13.1. The van der Waals surface area contributed by atoms with Crippen molar-refractivity contribution >= 4 is 33.0 Å². The first-order chi connectivity index (χ1) is 14.5. The van der Waals surface area contributed by atoms with Crippen molar-refractivity contribution in [2.45, 2.75) is 44.0 Å². The van der Waals surface area contributed by atoms with Gasteiger partial charge < -0.3 is 9.88 Å². The van der Waals surface area contributed by atoms with E-state index in [-0.39, 0.29) is 16.3 Å². The van der Waals surface area contributed by atoms with Crippen LogP contribution >= 0.6 is 11.6 Å². The van der Waals surface area contributed by atoms with E-state index in [0.29, 0.717) is 22.0 Å². The number of nitrogens with one attached hydrogen (secondary N) is 1. The highest BCUT2D eigenvalue weighted by Crippen LogP contribution is 2.24. The fourth-order valence-corrected chi connectivity index (χ4v) is 5.16. The molecule has 0 atom stereocenters. The zero-order chi connectivity index (χ0) is 22.9. The van der Waals surface area contributed by atoms with Gasteiger partial charge in [-0.3, -0.25) is 9.59 Å². The highest BCUT2D eigenvalue weighted by Gasteiger charge is 2.26. The van der Waals surface area contributed by atoms with Gasteiger partial charge in [0.15, 0.2) is 0 Å². The first kappa shape index (κ1) is 22.8. The summed E-state index contributed by atoms with van der Waals surface area (Å²) in [5.74, 6) is -0.488. The van der Waals surface area contributed by atoms with Crippen molar-refractivity contribution in [3.05, 3.63) is 86.3 Å². The van der Waals surface area contributed by atoms with Gasteiger partial charge in [0.25, 0.3) is 5.56 Å². The second-order valence-corrected chi connectivity index (χ2v) is 9.83. The molecule has 0 unspecified atom stereocenters. The van der Waals surface area contributed by atoms with E-state index < -0.39 is 21.3 Å². The summed E-state index contributed by atoms with van der Waals surface area (Å²) in [7, 11) is -4.05. The van der Waals surface area contributed by atoms with Gasteiger partial charge >= 0.3 is 0 Å². The molecule has 0 spiro atoms. The number of pyridine rings is 1. The summed E-state index contributed by atoms with van der Waals surface area (Å²) in [5.41, 5.74) is 2.35. The van der Waals surface area contributed by atoms with E-state index in [9.17, 15) is 18.0 Å². The Hall–Kier alpha value is -2.90. The first-order valence-electron chi connectivity index (χ1n) is 9.59. The molecule has 1 N–H and O–H groups in total. The van der Waals surface area contributed by atoms with Crippen LogP contribution in [-0.4, -0.2) is 18.9 Å². The average molecular weight is 459 g/mol. The monoisotopic (exact) mass is 458 g/mol. The molecule has 0 aliphatic carbocycles. The number of amides is 1. The molecule has 0 saturated carbocycles. The number of anilines is 1. The van der Waals surface area contributed by atoms with E-state index in [1.807, 2.05) is 13.8 Å². The highest BCUT2D eigenvalue weighted by atomic mass is 35.5. The number of nitrogens with zero attached hydrogens (tertiary/aromatic N) is 1. The van der Waals surface area contributed by atoms with E-state index in [0.717, 1.165) is 15.7 Å². The zero-order valence-electron chi connectivity index (χ0n) is 17.7. The lowest BCUT2D eigenvalue weighted by atomic mass is 10.2. The van der Waals surface area contributed by atoms with Gasteiger partial charge in [-0.15, -0.1) is 0 Å². The molecule has 1 amide bonds. The molecular formula is C23H23ClN2O4S.